The van der Waals surface area contributed by atoms with Crippen molar-refractivity contribution in [3.63, 3.8) is 0 Å². The average Bonchev–Trinajstić information content (AvgIpc) is 2.93. The Labute approximate surface area is 257 Å². The Morgan fingerprint density at radius 3 is 2.10 bits per heavy atom. The predicted molar refractivity (Wildman–Crippen MR) is 166 cm³/mol. The molecule has 3 aromatic rings. The van der Waals surface area contributed by atoms with Crippen molar-refractivity contribution < 1.29 is 18.0 Å². The molecular weight excluding hydrogens is 605 g/mol. The molecule has 2 amide bonds. The molecule has 0 radical (unpaired) electrons. The monoisotopic (exact) mass is 637 g/mol. The van der Waals surface area contributed by atoms with Gasteiger partial charge in [0.25, 0.3) is 10.0 Å². The van der Waals surface area contributed by atoms with Gasteiger partial charge in [0.15, 0.2) is 0 Å². The van der Waals surface area contributed by atoms with E-state index in [1.54, 1.807) is 49.4 Å². The van der Waals surface area contributed by atoms with E-state index in [9.17, 15) is 18.0 Å². The molecule has 3 rings (SSSR count). The smallest absolute Gasteiger partial charge is 0.264 e. The van der Waals surface area contributed by atoms with Crippen LogP contribution in [0.3, 0.4) is 0 Å². The van der Waals surface area contributed by atoms with E-state index < -0.39 is 28.5 Å². The van der Waals surface area contributed by atoms with Crippen molar-refractivity contribution in [2.24, 2.45) is 5.92 Å². The van der Waals surface area contributed by atoms with Crippen molar-refractivity contribution in [2.45, 2.75) is 51.6 Å². The molecule has 41 heavy (non-hydrogen) atoms. The Morgan fingerprint density at radius 1 is 0.902 bits per heavy atom. The molecule has 0 bridgehead atoms. The SMILES string of the molecule is CC[C@H](C(=O)NCC(C)C)N(Cc1ccc(Cl)c(Cl)c1)C(=O)CN(c1ccc(C)cc1)S(=O)(=O)c1ccc(Cl)cc1. The summed E-state index contributed by atoms with van der Waals surface area (Å²) in [6, 6.07) is 16.7. The van der Waals surface area contributed by atoms with E-state index >= 15 is 0 Å². The molecule has 0 unspecified atom stereocenters. The molecule has 0 spiro atoms. The first-order valence-electron chi connectivity index (χ1n) is 13.2. The van der Waals surface area contributed by atoms with Crippen LogP contribution in [0.1, 0.15) is 38.3 Å². The lowest BCUT2D eigenvalue weighted by Gasteiger charge is -2.33. The van der Waals surface area contributed by atoms with Gasteiger partial charge in [0, 0.05) is 18.1 Å². The van der Waals surface area contributed by atoms with Crippen molar-refractivity contribution >= 4 is 62.3 Å². The Kier molecular flexibility index (Phi) is 11.5. The predicted octanol–water partition coefficient (Wildman–Crippen LogP) is 6.73. The first-order chi connectivity index (χ1) is 19.3. The number of anilines is 1. The summed E-state index contributed by atoms with van der Waals surface area (Å²) in [5.41, 5.74) is 1.88. The van der Waals surface area contributed by atoms with Gasteiger partial charge in [-0.2, -0.15) is 0 Å². The molecule has 1 N–H and O–H groups in total. The van der Waals surface area contributed by atoms with Crippen molar-refractivity contribution in [2.75, 3.05) is 17.4 Å². The zero-order valence-corrected chi connectivity index (χ0v) is 26.5. The molecule has 0 saturated heterocycles. The van der Waals surface area contributed by atoms with Crippen molar-refractivity contribution in [1.29, 1.82) is 0 Å². The van der Waals surface area contributed by atoms with Gasteiger partial charge in [-0.15, -0.1) is 0 Å². The number of benzene rings is 3. The Morgan fingerprint density at radius 2 is 1.54 bits per heavy atom. The topological polar surface area (TPSA) is 86.8 Å². The molecule has 7 nitrogen and oxygen atoms in total. The van der Waals surface area contributed by atoms with Crippen LogP contribution in [-0.4, -0.2) is 44.3 Å². The fourth-order valence-corrected chi connectivity index (χ4v) is 6.01. The second-order valence-electron chi connectivity index (χ2n) is 10.1. The highest BCUT2D eigenvalue weighted by atomic mass is 35.5. The van der Waals surface area contributed by atoms with Gasteiger partial charge in [-0.25, -0.2) is 8.42 Å². The summed E-state index contributed by atoms with van der Waals surface area (Å²) < 4.78 is 28.8. The standard InChI is InChI=1S/C30H34Cl3N3O4S/c1-5-28(30(38)34-17-20(2)3)35(18-22-8-15-26(32)27(33)16-22)29(37)19-36(24-11-6-21(4)7-12-24)41(39,40)25-13-9-23(31)10-14-25/h6-16,20,28H,5,17-19H2,1-4H3,(H,34,38)/t28-/m1/s1. The van der Waals surface area contributed by atoms with Crippen LogP contribution >= 0.6 is 34.8 Å². The zero-order valence-electron chi connectivity index (χ0n) is 23.4. The molecule has 1 atom stereocenters. The summed E-state index contributed by atoms with van der Waals surface area (Å²) in [4.78, 5) is 28.7. The highest BCUT2D eigenvalue weighted by Crippen LogP contribution is 2.27. The van der Waals surface area contributed by atoms with E-state index in [4.69, 9.17) is 34.8 Å². The Bertz CT molecular complexity index is 1460. The van der Waals surface area contributed by atoms with E-state index in [0.717, 1.165) is 9.87 Å². The summed E-state index contributed by atoms with van der Waals surface area (Å²) in [6.07, 6.45) is 0.311. The molecule has 0 aliphatic carbocycles. The molecule has 0 aliphatic rings. The van der Waals surface area contributed by atoms with Crippen LogP contribution in [0.2, 0.25) is 15.1 Å². The maximum atomic E-state index is 14.1. The van der Waals surface area contributed by atoms with Crippen LogP contribution in [0.15, 0.2) is 71.6 Å². The van der Waals surface area contributed by atoms with Crippen LogP contribution in [0.25, 0.3) is 0 Å². The normalized spacial score (nSPS) is 12.2. The van der Waals surface area contributed by atoms with Gasteiger partial charge in [0.05, 0.1) is 20.6 Å². The van der Waals surface area contributed by atoms with Crippen LogP contribution < -0.4 is 9.62 Å². The fourth-order valence-electron chi connectivity index (χ4n) is 4.15. The van der Waals surface area contributed by atoms with E-state index in [2.05, 4.69) is 5.32 Å². The largest absolute Gasteiger partial charge is 0.354 e. The lowest BCUT2D eigenvalue weighted by molar-refractivity contribution is -0.140. The average molecular weight is 639 g/mol. The number of hydrogen-bond donors (Lipinski definition) is 1. The Hall–Kier alpha value is -2.78. The van der Waals surface area contributed by atoms with E-state index in [1.807, 2.05) is 20.8 Å². The highest BCUT2D eigenvalue weighted by Gasteiger charge is 2.33. The molecule has 11 heteroatoms. The molecule has 0 saturated carbocycles. The second-order valence-corrected chi connectivity index (χ2v) is 13.2. The minimum absolute atomic E-state index is 0.0199. The number of halogens is 3. The number of hydrogen-bond acceptors (Lipinski definition) is 4. The lowest BCUT2D eigenvalue weighted by atomic mass is 10.1. The number of sulfonamides is 1. The summed E-state index contributed by atoms with van der Waals surface area (Å²) in [5.74, 6) is -0.671. The van der Waals surface area contributed by atoms with Crippen LogP contribution in [-0.2, 0) is 26.2 Å². The second kappa shape index (κ2) is 14.4. The first kappa shape index (κ1) is 32.7. The van der Waals surface area contributed by atoms with Gasteiger partial charge in [-0.1, -0.05) is 79.3 Å². The number of nitrogens with zero attached hydrogens (tertiary/aromatic N) is 2. The van der Waals surface area contributed by atoms with Crippen molar-refractivity contribution in [3.05, 3.63) is 92.9 Å². The van der Waals surface area contributed by atoms with Crippen LogP contribution in [0, 0.1) is 12.8 Å². The summed E-state index contributed by atoms with van der Waals surface area (Å²) in [7, 11) is -4.18. The molecule has 0 aromatic heterocycles. The molecule has 0 fully saturated rings. The minimum atomic E-state index is -4.18. The number of aryl methyl sites for hydroxylation is 1. The molecular formula is C30H34Cl3N3O4S. The van der Waals surface area contributed by atoms with Crippen LogP contribution in [0.5, 0.6) is 0 Å². The fraction of sp³-hybridized carbons (Fsp3) is 0.333. The third-order valence-electron chi connectivity index (χ3n) is 6.41. The van der Waals surface area contributed by atoms with Gasteiger partial charge in [-0.3, -0.25) is 13.9 Å². The van der Waals surface area contributed by atoms with Gasteiger partial charge in [0.2, 0.25) is 11.8 Å². The maximum absolute atomic E-state index is 14.1. The molecule has 0 aliphatic heterocycles. The van der Waals surface area contributed by atoms with Gasteiger partial charge < -0.3 is 10.2 Å². The number of carbonyl (C=O) groups is 2. The summed E-state index contributed by atoms with van der Waals surface area (Å²) in [6.45, 7) is 7.55. The number of rotatable bonds is 12. The minimum Gasteiger partial charge on any atom is -0.354 e. The molecule has 3 aromatic carbocycles. The first-order valence-corrected chi connectivity index (χ1v) is 15.8. The van der Waals surface area contributed by atoms with Gasteiger partial charge >= 0.3 is 0 Å². The third-order valence-corrected chi connectivity index (χ3v) is 9.19. The molecule has 0 heterocycles. The summed E-state index contributed by atoms with van der Waals surface area (Å²) >= 11 is 18.3. The zero-order chi connectivity index (χ0) is 30.3. The van der Waals surface area contributed by atoms with Crippen molar-refractivity contribution in [3.8, 4) is 0 Å². The summed E-state index contributed by atoms with van der Waals surface area (Å²) in [5, 5.41) is 3.95. The quantitative estimate of drug-likeness (QED) is 0.238. The number of nitrogens with one attached hydrogen (secondary N) is 1. The van der Waals surface area contributed by atoms with Crippen LogP contribution in [0.4, 0.5) is 5.69 Å². The van der Waals surface area contributed by atoms with Gasteiger partial charge in [-0.05, 0) is 73.4 Å². The lowest BCUT2D eigenvalue weighted by Crippen LogP contribution is -2.52. The van der Waals surface area contributed by atoms with Gasteiger partial charge in [0.1, 0.15) is 12.6 Å². The number of amides is 2. The third kappa shape index (κ3) is 8.61. The van der Waals surface area contributed by atoms with Crippen molar-refractivity contribution in [1.82, 2.24) is 10.2 Å². The Balaban J connectivity index is 2.05. The number of carbonyl (C=O) groups excluding carboxylic acids is 2. The maximum Gasteiger partial charge on any atom is 0.264 e. The van der Waals surface area contributed by atoms with E-state index in [-0.39, 0.29) is 23.3 Å². The van der Waals surface area contributed by atoms with E-state index in [1.165, 1.54) is 29.2 Å². The molecule has 220 valence electrons. The van der Waals surface area contributed by atoms with E-state index in [0.29, 0.717) is 39.3 Å². The highest BCUT2D eigenvalue weighted by molar-refractivity contribution is 7.92.